The molecular formula is C15H16O6. The van der Waals surface area contributed by atoms with Crippen molar-refractivity contribution in [2.24, 2.45) is 0 Å². The standard InChI is InChI=1S/C12H8O4.C3H8O2/c13-11(14)9-3-1-7-5-10(12(15)16)4-2-8(7)6-9;4-2-1-3-5/h1-6H,(H,13,14)(H,15,16);4-5H,1-3H2. The Bertz CT molecular complexity index is 580. The molecule has 0 bridgehead atoms. The molecule has 0 saturated heterocycles. The van der Waals surface area contributed by atoms with E-state index in [0.29, 0.717) is 17.2 Å². The number of aromatic carboxylic acids is 2. The first-order chi connectivity index (χ1) is 9.99. The monoisotopic (exact) mass is 292 g/mol. The third-order valence-electron chi connectivity index (χ3n) is 2.65. The van der Waals surface area contributed by atoms with Crippen molar-refractivity contribution in [3.05, 3.63) is 47.5 Å². The molecule has 112 valence electrons. The van der Waals surface area contributed by atoms with Crippen molar-refractivity contribution < 1.29 is 30.0 Å². The molecule has 0 aromatic heterocycles. The number of carboxylic acids is 2. The summed E-state index contributed by atoms with van der Waals surface area (Å²) in [4.78, 5) is 21.5. The van der Waals surface area contributed by atoms with Crippen LogP contribution in [0.2, 0.25) is 0 Å². The Morgan fingerprint density at radius 1 is 0.762 bits per heavy atom. The van der Waals surface area contributed by atoms with E-state index in [2.05, 4.69) is 0 Å². The molecule has 6 heteroatoms. The van der Waals surface area contributed by atoms with Gasteiger partial charge in [-0.3, -0.25) is 0 Å². The van der Waals surface area contributed by atoms with Gasteiger partial charge in [-0.1, -0.05) is 12.1 Å². The molecule has 2 aromatic carbocycles. The lowest BCUT2D eigenvalue weighted by Crippen LogP contribution is -1.97. The summed E-state index contributed by atoms with van der Waals surface area (Å²) in [5.74, 6) is -1.99. The van der Waals surface area contributed by atoms with Crippen LogP contribution >= 0.6 is 0 Å². The van der Waals surface area contributed by atoms with Crippen LogP contribution in [0.1, 0.15) is 27.1 Å². The highest BCUT2D eigenvalue weighted by Gasteiger charge is 2.06. The maximum Gasteiger partial charge on any atom is 0.335 e. The van der Waals surface area contributed by atoms with Crippen molar-refractivity contribution in [2.45, 2.75) is 6.42 Å². The fourth-order valence-corrected chi connectivity index (χ4v) is 1.58. The number of benzene rings is 2. The lowest BCUT2D eigenvalue weighted by Gasteiger charge is -2.01. The number of aliphatic hydroxyl groups excluding tert-OH is 2. The number of hydrogen-bond acceptors (Lipinski definition) is 4. The highest BCUT2D eigenvalue weighted by Crippen LogP contribution is 2.18. The lowest BCUT2D eigenvalue weighted by molar-refractivity contribution is 0.0686. The molecule has 0 aliphatic rings. The summed E-state index contributed by atoms with van der Waals surface area (Å²) in [5.41, 5.74) is 0.381. The summed E-state index contributed by atoms with van der Waals surface area (Å²) in [6.07, 6.45) is 0.500. The fourth-order valence-electron chi connectivity index (χ4n) is 1.58. The minimum Gasteiger partial charge on any atom is -0.478 e. The minimum atomic E-state index is -0.996. The Morgan fingerprint density at radius 3 is 1.38 bits per heavy atom. The number of rotatable bonds is 4. The third-order valence-corrected chi connectivity index (χ3v) is 2.65. The van der Waals surface area contributed by atoms with E-state index in [1.54, 1.807) is 12.1 Å². The number of fused-ring (bicyclic) bond motifs is 1. The SMILES string of the molecule is O=C(O)c1ccc2cc(C(=O)O)ccc2c1.OCCCO. The Kier molecular flexibility index (Phi) is 6.32. The van der Waals surface area contributed by atoms with Gasteiger partial charge in [-0.25, -0.2) is 9.59 Å². The van der Waals surface area contributed by atoms with Crippen LogP contribution in [0.3, 0.4) is 0 Å². The van der Waals surface area contributed by atoms with Gasteiger partial charge in [0, 0.05) is 13.2 Å². The maximum atomic E-state index is 10.7. The van der Waals surface area contributed by atoms with Gasteiger partial charge in [-0.15, -0.1) is 0 Å². The Labute approximate surface area is 120 Å². The van der Waals surface area contributed by atoms with Crippen LogP contribution in [0.15, 0.2) is 36.4 Å². The zero-order valence-corrected chi connectivity index (χ0v) is 11.2. The average Bonchev–Trinajstić information content (AvgIpc) is 2.47. The molecule has 0 amide bonds. The zero-order chi connectivity index (χ0) is 15.8. The van der Waals surface area contributed by atoms with Crippen molar-refractivity contribution in [2.75, 3.05) is 13.2 Å². The molecule has 2 rings (SSSR count). The summed E-state index contributed by atoms with van der Waals surface area (Å²) in [7, 11) is 0. The van der Waals surface area contributed by atoms with Crippen molar-refractivity contribution >= 4 is 22.7 Å². The quantitative estimate of drug-likeness (QED) is 0.680. The topological polar surface area (TPSA) is 115 Å². The molecule has 0 spiro atoms. The Balaban J connectivity index is 0.000000383. The Morgan fingerprint density at radius 2 is 1.14 bits per heavy atom. The summed E-state index contributed by atoms with van der Waals surface area (Å²) in [6, 6.07) is 9.15. The van der Waals surface area contributed by atoms with Gasteiger partial charge in [0.15, 0.2) is 0 Å². The number of carboxylic acid groups (broad SMARTS) is 2. The molecule has 0 atom stereocenters. The van der Waals surface area contributed by atoms with E-state index in [9.17, 15) is 9.59 Å². The van der Waals surface area contributed by atoms with Crippen LogP contribution < -0.4 is 0 Å². The molecule has 0 saturated carbocycles. The molecule has 0 heterocycles. The lowest BCUT2D eigenvalue weighted by atomic mass is 10.0. The summed E-state index contributed by atoms with van der Waals surface area (Å²) >= 11 is 0. The van der Waals surface area contributed by atoms with Gasteiger partial charge < -0.3 is 20.4 Å². The summed E-state index contributed by atoms with van der Waals surface area (Å²) in [5, 5.41) is 34.8. The van der Waals surface area contributed by atoms with E-state index in [1.165, 1.54) is 24.3 Å². The van der Waals surface area contributed by atoms with Crippen molar-refractivity contribution in [3.63, 3.8) is 0 Å². The average molecular weight is 292 g/mol. The first-order valence-electron chi connectivity index (χ1n) is 6.21. The minimum absolute atomic E-state index is 0.0938. The second-order valence-corrected chi connectivity index (χ2v) is 4.19. The normalized spacial score (nSPS) is 9.81. The molecule has 0 unspecified atom stereocenters. The van der Waals surface area contributed by atoms with Crippen LogP contribution in [0.5, 0.6) is 0 Å². The molecule has 4 N–H and O–H groups in total. The van der Waals surface area contributed by atoms with Crippen LogP contribution in [0.4, 0.5) is 0 Å². The highest BCUT2D eigenvalue weighted by molar-refractivity contribution is 5.97. The number of hydrogen-bond donors (Lipinski definition) is 4. The van der Waals surface area contributed by atoms with E-state index >= 15 is 0 Å². The van der Waals surface area contributed by atoms with Crippen LogP contribution in [-0.4, -0.2) is 45.6 Å². The molecule has 21 heavy (non-hydrogen) atoms. The van der Waals surface area contributed by atoms with Gasteiger partial charge in [-0.2, -0.15) is 0 Å². The first kappa shape index (κ1) is 16.6. The summed E-state index contributed by atoms with van der Waals surface area (Å²) in [6.45, 7) is 0.188. The molecular weight excluding hydrogens is 276 g/mol. The van der Waals surface area contributed by atoms with E-state index in [0.717, 1.165) is 0 Å². The van der Waals surface area contributed by atoms with Crippen LogP contribution in [0.25, 0.3) is 10.8 Å². The zero-order valence-electron chi connectivity index (χ0n) is 11.2. The largest absolute Gasteiger partial charge is 0.478 e. The third kappa shape index (κ3) is 4.87. The van der Waals surface area contributed by atoms with Gasteiger partial charge in [0.05, 0.1) is 11.1 Å². The van der Waals surface area contributed by atoms with E-state index in [-0.39, 0.29) is 24.3 Å². The molecule has 0 radical (unpaired) electrons. The summed E-state index contributed by atoms with van der Waals surface area (Å²) < 4.78 is 0. The molecule has 6 nitrogen and oxygen atoms in total. The smallest absolute Gasteiger partial charge is 0.335 e. The second kappa shape index (κ2) is 7.98. The van der Waals surface area contributed by atoms with Gasteiger partial charge in [0.25, 0.3) is 0 Å². The Hall–Kier alpha value is -2.44. The number of aliphatic hydroxyl groups is 2. The number of carbonyl (C=O) groups is 2. The van der Waals surface area contributed by atoms with Crippen LogP contribution in [0, 0.1) is 0 Å². The van der Waals surface area contributed by atoms with Crippen LogP contribution in [-0.2, 0) is 0 Å². The van der Waals surface area contributed by atoms with Gasteiger partial charge in [0.1, 0.15) is 0 Å². The van der Waals surface area contributed by atoms with Gasteiger partial charge >= 0.3 is 11.9 Å². The molecule has 0 aliphatic heterocycles. The van der Waals surface area contributed by atoms with Gasteiger partial charge in [-0.05, 0) is 41.5 Å². The van der Waals surface area contributed by atoms with E-state index in [4.69, 9.17) is 20.4 Å². The van der Waals surface area contributed by atoms with Crippen molar-refractivity contribution in [1.82, 2.24) is 0 Å². The predicted octanol–water partition coefficient (Wildman–Crippen LogP) is 1.60. The molecule has 0 aliphatic carbocycles. The van der Waals surface area contributed by atoms with Gasteiger partial charge in [0.2, 0.25) is 0 Å². The van der Waals surface area contributed by atoms with Crippen molar-refractivity contribution in [1.29, 1.82) is 0 Å². The van der Waals surface area contributed by atoms with Crippen molar-refractivity contribution in [3.8, 4) is 0 Å². The van der Waals surface area contributed by atoms with E-state index < -0.39 is 11.9 Å². The predicted molar refractivity (Wildman–Crippen MR) is 76.7 cm³/mol. The molecule has 0 fully saturated rings. The molecule has 2 aromatic rings. The maximum absolute atomic E-state index is 10.7. The fraction of sp³-hybridized carbons (Fsp3) is 0.200. The second-order valence-electron chi connectivity index (χ2n) is 4.19. The van der Waals surface area contributed by atoms with E-state index in [1.807, 2.05) is 0 Å². The highest BCUT2D eigenvalue weighted by atomic mass is 16.4. The first-order valence-corrected chi connectivity index (χ1v) is 6.21.